The summed E-state index contributed by atoms with van der Waals surface area (Å²) in [6, 6.07) is 13.1. The zero-order valence-corrected chi connectivity index (χ0v) is 13.3. The number of nitrogens with one attached hydrogen (secondary N) is 1. The molecule has 0 unspecified atom stereocenters. The molecule has 21 heavy (non-hydrogen) atoms. The van der Waals surface area contributed by atoms with Gasteiger partial charge in [-0.05, 0) is 36.8 Å². The largest absolute Gasteiger partial charge is 0.399 e. The van der Waals surface area contributed by atoms with Crippen molar-refractivity contribution < 1.29 is 4.79 Å². The highest BCUT2D eigenvalue weighted by Crippen LogP contribution is 2.27. The lowest BCUT2D eigenvalue weighted by atomic mass is 10.2. The van der Waals surface area contributed by atoms with Gasteiger partial charge in [-0.2, -0.15) is 0 Å². The van der Waals surface area contributed by atoms with Crippen LogP contribution in [0.3, 0.4) is 0 Å². The Balaban J connectivity index is 1.85. The molecule has 0 saturated carbocycles. The third-order valence-electron chi connectivity index (χ3n) is 2.96. The fourth-order valence-electron chi connectivity index (χ4n) is 1.80. The van der Waals surface area contributed by atoms with Gasteiger partial charge in [0, 0.05) is 28.4 Å². The maximum Gasteiger partial charge on any atom is 0.225 e. The van der Waals surface area contributed by atoms with Gasteiger partial charge in [0.05, 0.1) is 5.02 Å². The lowest BCUT2D eigenvalue weighted by molar-refractivity contribution is -0.115. The molecule has 0 fully saturated rings. The molecule has 0 spiro atoms. The highest BCUT2D eigenvalue weighted by atomic mass is 35.5. The number of anilines is 2. The minimum Gasteiger partial charge on any atom is -0.399 e. The molecule has 0 aliphatic rings. The molecule has 0 bridgehead atoms. The molecule has 110 valence electrons. The predicted octanol–water partition coefficient (Wildman–Crippen LogP) is 4.35. The Kier molecular flexibility index (Phi) is 5.53. The molecule has 0 saturated heterocycles. The first kappa shape index (κ1) is 15.7. The normalized spacial score (nSPS) is 10.4. The van der Waals surface area contributed by atoms with Gasteiger partial charge in [0.1, 0.15) is 0 Å². The molecular formula is C16H17ClN2OS. The summed E-state index contributed by atoms with van der Waals surface area (Å²) in [5.74, 6) is 0.653. The average Bonchev–Trinajstić information content (AvgIpc) is 2.45. The molecule has 0 atom stereocenters. The minimum absolute atomic E-state index is 0.0248. The summed E-state index contributed by atoms with van der Waals surface area (Å²) in [4.78, 5) is 12.9. The van der Waals surface area contributed by atoms with Gasteiger partial charge in [0.15, 0.2) is 0 Å². The van der Waals surface area contributed by atoms with E-state index in [9.17, 15) is 4.79 Å². The van der Waals surface area contributed by atoms with Crippen molar-refractivity contribution in [2.24, 2.45) is 0 Å². The van der Waals surface area contributed by atoms with Crippen LogP contribution in [0.1, 0.15) is 12.0 Å². The maximum atomic E-state index is 12.0. The summed E-state index contributed by atoms with van der Waals surface area (Å²) >= 11 is 7.65. The monoisotopic (exact) mass is 320 g/mol. The van der Waals surface area contributed by atoms with Crippen molar-refractivity contribution in [1.82, 2.24) is 0 Å². The number of thioether (sulfide) groups is 1. The van der Waals surface area contributed by atoms with Gasteiger partial charge in [-0.1, -0.05) is 29.8 Å². The Morgan fingerprint density at radius 3 is 2.81 bits per heavy atom. The van der Waals surface area contributed by atoms with E-state index in [4.69, 9.17) is 17.3 Å². The molecule has 1 amide bonds. The van der Waals surface area contributed by atoms with Crippen molar-refractivity contribution in [3.05, 3.63) is 53.1 Å². The molecular weight excluding hydrogens is 304 g/mol. The second-order valence-electron chi connectivity index (χ2n) is 4.65. The van der Waals surface area contributed by atoms with Crippen LogP contribution >= 0.6 is 23.4 Å². The van der Waals surface area contributed by atoms with Crippen LogP contribution in [0.15, 0.2) is 47.4 Å². The number of rotatable bonds is 5. The number of nitrogens with two attached hydrogens (primary N) is 1. The Morgan fingerprint density at radius 2 is 2.05 bits per heavy atom. The summed E-state index contributed by atoms with van der Waals surface area (Å²) in [6.45, 7) is 1.94. The van der Waals surface area contributed by atoms with Crippen LogP contribution in [0.25, 0.3) is 0 Å². The highest BCUT2D eigenvalue weighted by Gasteiger charge is 2.06. The molecule has 3 nitrogen and oxygen atoms in total. The van der Waals surface area contributed by atoms with Crippen molar-refractivity contribution in [1.29, 1.82) is 0 Å². The zero-order chi connectivity index (χ0) is 15.2. The second kappa shape index (κ2) is 7.38. The lowest BCUT2D eigenvalue weighted by Gasteiger charge is -2.09. The van der Waals surface area contributed by atoms with E-state index < -0.39 is 0 Å². The summed E-state index contributed by atoms with van der Waals surface area (Å²) in [5, 5.41) is 3.60. The Morgan fingerprint density at radius 1 is 1.29 bits per heavy atom. The zero-order valence-electron chi connectivity index (χ0n) is 11.7. The van der Waals surface area contributed by atoms with Crippen molar-refractivity contribution >= 4 is 40.6 Å². The van der Waals surface area contributed by atoms with E-state index >= 15 is 0 Å². The molecule has 2 aromatic rings. The fraction of sp³-hybridized carbons (Fsp3) is 0.188. The number of amides is 1. The minimum atomic E-state index is -0.0248. The van der Waals surface area contributed by atoms with Crippen molar-refractivity contribution in [2.75, 3.05) is 16.8 Å². The molecule has 2 aromatic carbocycles. The molecule has 0 aliphatic carbocycles. The molecule has 3 N–H and O–H groups in total. The Hall–Kier alpha value is -1.65. The van der Waals surface area contributed by atoms with Crippen LogP contribution in [0.5, 0.6) is 0 Å². The number of nitrogen functional groups attached to an aromatic ring is 1. The Labute approximate surface area is 133 Å². The maximum absolute atomic E-state index is 12.0. The van der Waals surface area contributed by atoms with Gasteiger partial charge in [0.25, 0.3) is 0 Å². The molecule has 0 aromatic heterocycles. The van der Waals surface area contributed by atoms with E-state index in [1.165, 1.54) is 0 Å². The van der Waals surface area contributed by atoms with E-state index in [-0.39, 0.29) is 5.91 Å². The fourth-order valence-corrected chi connectivity index (χ4v) is 2.99. The SMILES string of the molecule is Cc1ccc(N)cc1NC(=O)CCSc1ccccc1Cl. The van der Waals surface area contributed by atoms with Crippen molar-refractivity contribution in [3.8, 4) is 0 Å². The standard InChI is InChI=1S/C16H17ClN2OS/c1-11-6-7-12(18)10-14(11)19-16(20)8-9-21-15-5-3-2-4-13(15)17/h2-7,10H,8-9,18H2,1H3,(H,19,20). The topological polar surface area (TPSA) is 55.1 Å². The van der Waals surface area contributed by atoms with Crippen LogP contribution in [0, 0.1) is 6.92 Å². The third kappa shape index (κ3) is 4.69. The van der Waals surface area contributed by atoms with Crippen LogP contribution in [-0.4, -0.2) is 11.7 Å². The van der Waals surface area contributed by atoms with Gasteiger partial charge in [-0.3, -0.25) is 4.79 Å². The first-order chi connectivity index (χ1) is 10.1. The highest BCUT2D eigenvalue weighted by molar-refractivity contribution is 7.99. The number of hydrogen-bond donors (Lipinski definition) is 2. The van der Waals surface area contributed by atoms with Gasteiger partial charge in [-0.25, -0.2) is 0 Å². The summed E-state index contributed by atoms with van der Waals surface area (Å²) in [6.07, 6.45) is 0.421. The summed E-state index contributed by atoms with van der Waals surface area (Å²) in [7, 11) is 0. The number of carbonyl (C=O) groups is 1. The lowest BCUT2D eigenvalue weighted by Crippen LogP contribution is -2.13. The number of halogens is 1. The van der Waals surface area contributed by atoms with Gasteiger partial charge in [0.2, 0.25) is 5.91 Å². The van der Waals surface area contributed by atoms with Crippen LogP contribution in [0.4, 0.5) is 11.4 Å². The van der Waals surface area contributed by atoms with E-state index in [2.05, 4.69) is 5.32 Å². The predicted molar refractivity (Wildman–Crippen MR) is 91.0 cm³/mol. The van der Waals surface area contributed by atoms with Gasteiger partial charge in [-0.15, -0.1) is 11.8 Å². The van der Waals surface area contributed by atoms with Gasteiger partial charge >= 0.3 is 0 Å². The number of aryl methyl sites for hydroxylation is 1. The second-order valence-corrected chi connectivity index (χ2v) is 6.20. The summed E-state index contributed by atoms with van der Waals surface area (Å²) in [5.41, 5.74) is 8.13. The quantitative estimate of drug-likeness (QED) is 0.636. The molecule has 5 heteroatoms. The van der Waals surface area contributed by atoms with Gasteiger partial charge < -0.3 is 11.1 Å². The number of carbonyl (C=O) groups excluding carboxylic acids is 1. The van der Waals surface area contributed by atoms with E-state index in [0.717, 1.165) is 21.2 Å². The van der Waals surface area contributed by atoms with Crippen LogP contribution in [0.2, 0.25) is 5.02 Å². The number of hydrogen-bond acceptors (Lipinski definition) is 3. The molecule has 2 rings (SSSR count). The van der Waals surface area contributed by atoms with Crippen molar-refractivity contribution in [2.45, 2.75) is 18.2 Å². The van der Waals surface area contributed by atoms with Crippen LogP contribution in [-0.2, 0) is 4.79 Å². The third-order valence-corrected chi connectivity index (χ3v) is 4.48. The van der Waals surface area contributed by atoms with Crippen molar-refractivity contribution in [3.63, 3.8) is 0 Å². The van der Waals surface area contributed by atoms with Crippen LogP contribution < -0.4 is 11.1 Å². The summed E-state index contributed by atoms with van der Waals surface area (Å²) < 4.78 is 0. The first-order valence-electron chi connectivity index (χ1n) is 6.59. The Bertz CT molecular complexity index is 646. The smallest absolute Gasteiger partial charge is 0.225 e. The first-order valence-corrected chi connectivity index (χ1v) is 7.96. The number of benzene rings is 2. The van der Waals surface area contributed by atoms with E-state index in [1.807, 2.05) is 43.3 Å². The molecule has 0 radical (unpaired) electrons. The molecule has 0 heterocycles. The van der Waals surface area contributed by atoms with E-state index in [1.54, 1.807) is 17.8 Å². The average molecular weight is 321 g/mol. The van der Waals surface area contributed by atoms with E-state index in [0.29, 0.717) is 17.9 Å². The molecule has 0 aliphatic heterocycles.